The normalized spacial score (nSPS) is 12.0. The third-order valence-corrected chi connectivity index (χ3v) is 5.29. The molecule has 1 aromatic carbocycles. The van der Waals surface area contributed by atoms with Gasteiger partial charge in [-0.2, -0.15) is 0 Å². The van der Waals surface area contributed by atoms with E-state index in [9.17, 15) is 4.79 Å². The van der Waals surface area contributed by atoms with Gasteiger partial charge in [-0.25, -0.2) is 4.98 Å². The van der Waals surface area contributed by atoms with Crippen molar-refractivity contribution in [2.24, 2.45) is 5.41 Å². The van der Waals surface area contributed by atoms with Gasteiger partial charge in [-0.1, -0.05) is 37.7 Å². The lowest BCUT2D eigenvalue weighted by atomic mass is 9.93. The lowest BCUT2D eigenvalue weighted by Gasteiger charge is -2.28. The summed E-state index contributed by atoms with van der Waals surface area (Å²) in [6.45, 7) is 5.95. The van der Waals surface area contributed by atoms with Crippen molar-refractivity contribution in [2.45, 2.75) is 18.2 Å². The predicted molar refractivity (Wildman–Crippen MR) is 95.7 cm³/mol. The second-order valence-corrected chi connectivity index (χ2v) is 8.67. The number of fused-ring (bicyclic) bond motifs is 1. The quantitative estimate of drug-likeness (QED) is 0.789. The largest absolute Gasteiger partial charge is 0.355 e. The van der Waals surface area contributed by atoms with Gasteiger partial charge in [0.2, 0.25) is 5.91 Å². The van der Waals surface area contributed by atoms with Crippen LogP contribution in [0.4, 0.5) is 0 Å². The number of thiazole rings is 1. The lowest BCUT2D eigenvalue weighted by Crippen LogP contribution is -2.40. The maximum atomic E-state index is 12.0. The summed E-state index contributed by atoms with van der Waals surface area (Å²) < 4.78 is 2.11. The lowest BCUT2D eigenvalue weighted by molar-refractivity contribution is -0.119. The Bertz CT molecular complexity index is 604. The fourth-order valence-electron chi connectivity index (χ4n) is 2.34. The molecule has 1 aromatic heterocycles. The van der Waals surface area contributed by atoms with E-state index in [0.29, 0.717) is 12.3 Å². The summed E-state index contributed by atoms with van der Waals surface area (Å²) in [5.41, 5.74) is 1.07. The van der Waals surface area contributed by atoms with Crippen molar-refractivity contribution in [1.82, 2.24) is 15.2 Å². The Morgan fingerprint density at radius 2 is 2.09 bits per heavy atom. The monoisotopic (exact) mass is 337 g/mol. The molecule has 0 bridgehead atoms. The van der Waals surface area contributed by atoms with Gasteiger partial charge in [-0.3, -0.25) is 4.79 Å². The second-order valence-electron chi connectivity index (χ2n) is 6.41. The first-order chi connectivity index (χ1) is 10.4. The van der Waals surface area contributed by atoms with Crippen LogP contribution >= 0.6 is 23.1 Å². The van der Waals surface area contributed by atoms with Crippen molar-refractivity contribution in [3.8, 4) is 0 Å². The molecule has 4 nitrogen and oxygen atoms in total. The minimum Gasteiger partial charge on any atom is -0.355 e. The van der Waals surface area contributed by atoms with Gasteiger partial charge in [0.25, 0.3) is 0 Å². The van der Waals surface area contributed by atoms with Crippen LogP contribution in [0.2, 0.25) is 0 Å². The molecule has 120 valence electrons. The molecule has 0 radical (unpaired) electrons. The number of rotatable bonds is 7. The first-order valence-electron chi connectivity index (χ1n) is 7.25. The van der Waals surface area contributed by atoms with Gasteiger partial charge in [-0.05, 0) is 31.6 Å². The van der Waals surface area contributed by atoms with E-state index in [2.05, 4.69) is 35.1 Å². The second kappa shape index (κ2) is 7.44. The number of nitrogens with one attached hydrogen (secondary N) is 1. The molecule has 2 aromatic rings. The van der Waals surface area contributed by atoms with Crippen molar-refractivity contribution in [3.63, 3.8) is 0 Å². The van der Waals surface area contributed by atoms with E-state index < -0.39 is 0 Å². The van der Waals surface area contributed by atoms with Crippen LogP contribution in [0.5, 0.6) is 0 Å². The van der Waals surface area contributed by atoms with E-state index in [-0.39, 0.29) is 11.3 Å². The summed E-state index contributed by atoms with van der Waals surface area (Å²) in [5.74, 6) is 0.480. The molecule has 0 unspecified atom stereocenters. The average molecular weight is 338 g/mol. The number of thioether (sulfide) groups is 1. The van der Waals surface area contributed by atoms with Crippen molar-refractivity contribution < 1.29 is 4.79 Å². The van der Waals surface area contributed by atoms with E-state index in [0.717, 1.165) is 21.1 Å². The molecule has 0 aliphatic rings. The van der Waals surface area contributed by atoms with E-state index in [1.165, 1.54) is 11.8 Å². The van der Waals surface area contributed by atoms with Crippen LogP contribution in [0, 0.1) is 5.41 Å². The summed E-state index contributed by atoms with van der Waals surface area (Å²) in [6, 6.07) is 8.05. The molecule has 0 aliphatic heterocycles. The molecule has 6 heteroatoms. The first-order valence-corrected chi connectivity index (χ1v) is 9.06. The molecule has 0 atom stereocenters. The summed E-state index contributed by atoms with van der Waals surface area (Å²) in [5, 5.41) is 3.02. The molecule has 0 aliphatic carbocycles. The number of carbonyl (C=O) groups excluding carboxylic acids is 1. The number of hydrogen-bond donors (Lipinski definition) is 1. The van der Waals surface area contributed by atoms with Crippen molar-refractivity contribution in [1.29, 1.82) is 0 Å². The molecule has 1 heterocycles. The maximum Gasteiger partial charge on any atom is 0.230 e. The van der Waals surface area contributed by atoms with Crippen LogP contribution in [-0.2, 0) is 4.79 Å². The van der Waals surface area contributed by atoms with Gasteiger partial charge in [0, 0.05) is 13.1 Å². The molecule has 0 spiro atoms. The number of hydrogen-bond acceptors (Lipinski definition) is 5. The minimum atomic E-state index is 0.0658. The van der Waals surface area contributed by atoms with Gasteiger partial charge >= 0.3 is 0 Å². The number of para-hydroxylation sites is 1. The topological polar surface area (TPSA) is 45.2 Å². The van der Waals surface area contributed by atoms with Crippen LogP contribution in [0.15, 0.2) is 28.6 Å². The summed E-state index contributed by atoms with van der Waals surface area (Å²) in [7, 11) is 4.10. The smallest absolute Gasteiger partial charge is 0.230 e. The SMILES string of the molecule is CN(C)CC(C)(C)CNC(=O)CSc1nc2ccccc2s1. The molecule has 2 rings (SSSR count). The van der Waals surface area contributed by atoms with Crippen molar-refractivity contribution >= 4 is 39.2 Å². The number of aromatic nitrogens is 1. The Kier molecular flexibility index (Phi) is 5.83. The fourth-order valence-corrected chi connectivity index (χ4v) is 4.24. The molecule has 0 fully saturated rings. The van der Waals surface area contributed by atoms with E-state index >= 15 is 0 Å². The van der Waals surface area contributed by atoms with Crippen LogP contribution in [0.25, 0.3) is 10.2 Å². The zero-order valence-corrected chi connectivity index (χ0v) is 15.2. The highest BCUT2D eigenvalue weighted by molar-refractivity contribution is 8.01. The third kappa shape index (κ3) is 5.26. The zero-order chi connectivity index (χ0) is 16.2. The number of carbonyl (C=O) groups is 1. The van der Waals surface area contributed by atoms with Crippen LogP contribution in [0.1, 0.15) is 13.8 Å². The van der Waals surface area contributed by atoms with E-state index in [1.807, 2.05) is 32.3 Å². The Morgan fingerprint density at radius 1 is 1.36 bits per heavy atom. The van der Waals surface area contributed by atoms with Crippen molar-refractivity contribution in [3.05, 3.63) is 24.3 Å². The Morgan fingerprint density at radius 3 is 2.77 bits per heavy atom. The van der Waals surface area contributed by atoms with E-state index in [4.69, 9.17) is 0 Å². The highest BCUT2D eigenvalue weighted by atomic mass is 32.2. The Hall–Kier alpha value is -1.11. The number of amides is 1. The first kappa shape index (κ1) is 17.2. The molecule has 1 N–H and O–H groups in total. The Labute approximate surface area is 140 Å². The molecule has 0 saturated heterocycles. The molecular weight excluding hydrogens is 314 g/mol. The van der Waals surface area contributed by atoms with Gasteiger partial charge in [0.05, 0.1) is 16.0 Å². The van der Waals surface area contributed by atoms with Gasteiger partial charge in [0.1, 0.15) is 0 Å². The fraction of sp³-hybridized carbons (Fsp3) is 0.500. The van der Waals surface area contributed by atoms with Gasteiger partial charge in [0.15, 0.2) is 4.34 Å². The summed E-state index contributed by atoms with van der Waals surface area (Å²) in [6.07, 6.45) is 0. The molecule has 0 saturated carbocycles. The van der Waals surface area contributed by atoms with Crippen molar-refractivity contribution in [2.75, 3.05) is 32.9 Å². The molecule has 1 amide bonds. The standard InChI is InChI=1S/C16H23N3OS2/c1-16(2,11-19(3)4)10-17-14(20)9-21-15-18-12-7-5-6-8-13(12)22-15/h5-8H,9-11H2,1-4H3,(H,17,20). The zero-order valence-electron chi connectivity index (χ0n) is 13.5. The van der Waals surface area contributed by atoms with Crippen LogP contribution in [-0.4, -0.2) is 48.7 Å². The summed E-state index contributed by atoms with van der Waals surface area (Å²) >= 11 is 3.14. The summed E-state index contributed by atoms with van der Waals surface area (Å²) in [4.78, 5) is 18.7. The highest BCUT2D eigenvalue weighted by Crippen LogP contribution is 2.29. The van der Waals surface area contributed by atoms with Gasteiger partial charge in [-0.15, -0.1) is 11.3 Å². The van der Waals surface area contributed by atoms with Crippen LogP contribution in [0.3, 0.4) is 0 Å². The Balaban J connectivity index is 1.80. The predicted octanol–water partition coefficient (Wildman–Crippen LogP) is 3.09. The van der Waals surface area contributed by atoms with Gasteiger partial charge < -0.3 is 10.2 Å². The molecule has 22 heavy (non-hydrogen) atoms. The number of nitrogens with zero attached hydrogens (tertiary/aromatic N) is 2. The average Bonchev–Trinajstić information content (AvgIpc) is 2.84. The highest BCUT2D eigenvalue weighted by Gasteiger charge is 2.19. The van der Waals surface area contributed by atoms with E-state index in [1.54, 1.807) is 11.3 Å². The maximum absolute atomic E-state index is 12.0. The molecular formula is C16H23N3OS2. The number of benzene rings is 1. The van der Waals surface area contributed by atoms with Crippen LogP contribution < -0.4 is 5.32 Å². The minimum absolute atomic E-state index is 0.0658. The third-order valence-electron chi connectivity index (χ3n) is 3.11.